The van der Waals surface area contributed by atoms with Gasteiger partial charge in [-0.2, -0.15) is 0 Å². The van der Waals surface area contributed by atoms with Crippen LogP contribution in [-0.4, -0.2) is 12.1 Å². The topological polar surface area (TPSA) is 48.1 Å². The first-order valence-corrected chi connectivity index (χ1v) is 4.25. The van der Waals surface area contributed by atoms with Crippen molar-refractivity contribution < 1.29 is 9.13 Å². The average molecular weight is 233 g/mol. The van der Waals surface area contributed by atoms with Gasteiger partial charge in [-0.05, 0) is 12.5 Å². The molecule has 0 aliphatic rings. The molecule has 0 aromatic carbocycles. The van der Waals surface area contributed by atoms with E-state index in [-0.39, 0.29) is 18.4 Å². The number of rotatable bonds is 4. The molecule has 1 heterocycles. The summed E-state index contributed by atoms with van der Waals surface area (Å²) in [5.74, 6) is -0.0546. The van der Waals surface area contributed by atoms with Gasteiger partial charge in [-0.3, -0.25) is 0 Å². The normalized spacial score (nSPS) is 11.4. The van der Waals surface area contributed by atoms with Gasteiger partial charge in [0.2, 0.25) is 5.88 Å². The predicted octanol–water partition coefficient (Wildman–Crippen LogP) is 2.23. The van der Waals surface area contributed by atoms with Crippen molar-refractivity contribution in [3.8, 4) is 5.88 Å². The molecule has 2 N–H and O–H groups in total. The maximum absolute atomic E-state index is 12.9. The number of methoxy groups -OCH3 is 1. The van der Waals surface area contributed by atoms with Crippen LogP contribution in [0.5, 0.6) is 5.88 Å². The van der Waals surface area contributed by atoms with Crippen molar-refractivity contribution in [1.29, 1.82) is 0 Å². The average Bonchev–Trinajstić information content (AvgIpc) is 2.18. The SMILES string of the molecule is C=CCC(N)c1cc(F)cnc1OC.Cl. The van der Waals surface area contributed by atoms with Gasteiger partial charge in [0.1, 0.15) is 5.82 Å². The highest BCUT2D eigenvalue weighted by molar-refractivity contribution is 5.85. The standard InChI is InChI=1S/C10H13FN2O.ClH/c1-3-4-9(12)8-5-7(11)6-13-10(8)14-2;/h3,5-6,9H,1,4,12H2,2H3;1H. The Morgan fingerprint density at radius 1 is 1.73 bits per heavy atom. The van der Waals surface area contributed by atoms with Crippen LogP contribution in [0, 0.1) is 5.82 Å². The van der Waals surface area contributed by atoms with E-state index in [1.165, 1.54) is 13.2 Å². The fraction of sp³-hybridized carbons (Fsp3) is 0.300. The minimum atomic E-state index is -0.416. The summed E-state index contributed by atoms with van der Waals surface area (Å²) in [7, 11) is 1.48. The summed E-state index contributed by atoms with van der Waals surface area (Å²) in [6, 6.07) is 1.01. The van der Waals surface area contributed by atoms with Gasteiger partial charge in [0.25, 0.3) is 0 Å². The van der Waals surface area contributed by atoms with Crippen molar-refractivity contribution in [2.45, 2.75) is 12.5 Å². The second-order valence-corrected chi connectivity index (χ2v) is 2.88. The zero-order chi connectivity index (χ0) is 10.6. The van der Waals surface area contributed by atoms with Crippen LogP contribution < -0.4 is 10.5 Å². The third-order valence-electron chi connectivity index (χ3n) is 1.86. The maximum Gasteiger partial charge on any atom is 0.218 e. The predicted molar refractivity (Wildman–Crippen MR) is 59.7 cm³/mol. The Balaban J connectivity index is 0.00000196. The molecule has 1 aromatic heterocycles. The molecule has 1 atom stereocenters. The lowest BCUT2D eigenvalue weighted by molar-refractivity contribution is 0.386. The number of hydrogen-bond donors (Lipinski definition) is 1. The first-order valence-electron chi connectivity index (χ1n) is 4.25. The summed E-state index contributed by atoms with van der Waals surface area (Å²) in [6.45, 7) is 3.57. The molecular weight excluding hydrogens is 219 g/mol. The maximum atomic E-state index is 12.9. The van der Waals surface area contributed by atoms with Gasteiger partial charge in [-0.1, -0.05) is 6.08 Å². The monoisotopic (exact) mass is 232 g/mol. The van der Waals surface area contributed by atoms with Gasteiger partial charge in [0.05, 0.1) is 13.3 Å². The molecule has 0 amide bonds. The van der Waals surface area contributed by atoms with Crippen molar-refractivity contribution in [2.75, 3.05) is 7.11 Å². The molecule has 1 rings (SSSR count). The number of aromatic nitrogens is 1. The Hall–Kier alpha value is -1.13. The Bertz CT molecular complexity index is 333. The molecule has 0 spiro atoms. The van der Waals surface area contributed by atoms with E-state index in [1.807, 2.05) is 0 Å². The van der Waals surface area contributed by atoms with Crippen LogP contribution in [0.2, 0.25) is 0 Å². The molecule has 0 aliphatic carbocycles. The molecule has 84 valence electrons. The Kier molecular flexibility index (Phi) is 5.89. The second-order valence-electron chi connectivity index (χ2n) is 2.88. The van der Waals surface area contributed by atoms with Gasteiger partial charge < -0.3 is 10.5 Å². The smallest absolute Gasteiger partial charge is 0.218 e. The lowest BCUT2D eigenvalue weighted by Crippen LogP contribution is -2.11. The van der Waals surface area contributed by atoms with E-state index >= 15 is 0 Å². The van der Waals surface area contributed by atoms with E-state index in [0.29, 0.717) is 17.9 Å². The molecule has 0 fully saturated rings. The van der Waals surface area contributed by atoms with E-state index in [2.05, 4.69) is 11.6 Å². The van der Waals surface area contributed by atoms with Gasteiger partial charge >= 0.3 is 0 Å². The van der Waals surface area contributed by atoms with E-state index in [1.54, 1.807) is 6.08 Å². The summed E-state index contributed by atoms with van der Waals surface area (Å²) in [5, 5.41) is 0. The molecule has 1 unspecified atom stereocenters. The Morgan fingerprint density at radius 3 is 2.93 bits per heavy atom. The number of nitrogens with two attached hydrogens (primary N) is 1. The number of pyridine rings is 1. The van der Waals surface area contributed by atoms with Gasteiger partial charge in [-0.15, -0.1) is 19.0 Å². The molecule has 0 aliphatic heterocycles. The van der Waals surface area contributed by atoms with Crippen LogP contribution in [0.25, 0.3) is 0 Å². The van der Waals surface area contributed by atoms with Crippen molar-refractivity contribution in [1.82, 2.24) is 4.98 Å². The molecule has 0 saturated heterocycles. The van der Waals surface area contributed by atoms with Crippen LogP contribution >= 0.6 is 12.4 Å². The minimum absolute atomic E-state index is 0. The van der Waals surface area contributed by atoms with E-state index in [4.69, 9.17) is 10.5 Å². The third kappa shape index (κ3) is 3.49. The van der Waals surface area contributed by atoms with Crippen molar-refractivity contribution in [3.63, 3.8) is 0 Å². The summed E-state index contributed by atoms with van der Waals surface area (Å²) >= 11 is 0. The minimum Gasteiger partial charge on any atom is -0.481 e. The molecule has 1 aromatic rings. The first-order chi connectivity index (χ1) is 6.69. The van der Waals surface area contributed by atoms with Crippen LogP contribution in [0.1, 0.15) is 18.0 Å². The van der Waals surface area contributed by atoms with Crippen molar-refractivity contribution >= 4 is 12.4 Å². The molecule has 3 nitrogen and oxygen atoms in total. The van der Waals surface area contributed by atoms with Gasteiger partial charge in [0, 0.05) is 11.6 Å². The number of nitrogens with zero attached hydrogens (tertiary/aromatic N) is 1. The number of ether oxygens (including phenoxy) is 1. The molecule has 5 heteroatoms. The van der Waals surface area contributed by atoms with E-state index in [9.17, 15) is 4.39 Å². The largest absolute Gasteiger partial charge is 0.481 e. The van der Waals surface area contributed by atoms with E-state index in [0.717, 1.165) is 6.20 Å². The highest BCUT2D eigenvalue weighted by atomic mass is 35.5. The third-order valence-corrected chi connectivity index (χ3v) is 1.86. The molecule has 0 radical (unpaired) electrons. The number of halogens is 2. The highest BCUT2D eigenvalue weighted by Gasteiger charge is 2.12. The van der Waals surface area contributed by atoms with Crippen LogP contribution in [0.4, 0.5) is 4.39 Å². The molecule has 0 saturated carbocycles. The Labute approximate surface area is 94.6 Å². The highest BCUT2D eigenvalue weighted by Crippen LogP contribution is 2.23. The van der Waals surface area contributed by atoms with Crippen LogP contribution in [-0.2, 0) is 0 Å². The summed E-state index contributed by atoms with van der Waals surface area (Å²) in [6.07, 6.45) is 3.33. The van der Waals surface area contributed by atoms with Gasteiger partial charge in [-0.25, -0.2) is 9.37 Å². The zero-order valence-corrected chi connectivity index (χ0v) is 9.26. The summed E-state index contributed by atoms with van der Waals surface area (Å²) in [5.41, 5.74) is 6.36. The summed E-state index contributed by atoms with van der Waals surface area (Å²) < 4.78 is 17.9. The lowest BCUT2D eigenvalue weighted by Gasteiger charge is -2.12. The first kappa shape index (κ1) is 13.9. The van der Waals surface area contributed by atoms with Crippen molar-refractivity contribution in [2.24, 2.45) is 5.73 Å². The van der Waals surface area contributed by atoms with Crippen LogP contribution in [0.3, 0.4) is 0 Å². The van der Waals surface area contributed by atoms with Crippen molar-refractivity contribution in [3.05, 3.63) is 36.3 Å². The second kappa shape index (κ2) is 6.37. The van der Waals surface area contributed by atoms with Gasteiger partial charge in [0.15, 0.2) is 0 Å². The Morgan fingerprint density at radius 2 is 2.40 bits per heavy atom. The van der Waals surface area contributed by atoms with E-state index < -0.39 is 5.82 Å². The molecule has 0 bridgehead atoms. The lowest BCUT2D eigenvalue weighted by atomic mass is 10.1. The molecular formula is C10H14ClFN2O. The number of hydrogen-bond acceptors (Lipinski definition) is 3. The quantitative estimate of drug-likeness (QED) is 0.810. The molecule has 15 heavy (non-hydrogen) atoms. The fourth-order valence-electron chi connectivity index (χ4n) is 1.19. The summed E-state index contributed by atoms with van der Waals surface area (Å²) in [4.78, 5) is 3.79. The van der Waals surface area contributed by atoms with Crippen LogP contribution in [0.15, 0.2) is 24.9 Å². The fourth-order valence-corrected chi connectivity index (χ4v) is 1.19. The zero-order valence-electron chi connectivity index (χ0n) is 8.44.